The number of hydrogen-bond acceptors (Lipinski definition) is 7. The predicted octanol–water partition coefficient (Wildman–Crippen LogP) is 2.05. The number of nitrogen functional groups attached to an aromatic ring is 1. The average Bonchev–Trinajstić information content (AvgIpc) is 2.99. The fraction of sp³-hybridized carbons (Fsp3) is 0.500. The van der Waals surface area contributed by atoms with Crippen LogP contribution in [0.25, 0.3) is 0 Å². The molecule has 0 unspecified atom stereocenters. The van der Waals surface area contributed by atoms with E-state index in [1.165, 1.54) is 0 Å². The Bertz CT molecular complexity index is 1250. The van der Waals surface area contributed by atoms with Gasteiger partial charge in [-0.2, -0.15) is 0 Å². The number of nitrogens with one attached hydrogen (secondary N) is 5. The molecule has 43 heavy (non-hydrogen) atoms. The highest BCUT2D eigenvalue weighted by Crippen LogP contribution is 2.22. The van der Waals surface area contributed by atoms with Gasteiger partial charge in [0.15, 0.2) is 0 Å². The Hall–Kier alpha value is -4.12. The SMILES string of the molecule is CCC[C@@H]1NC(=O)[C@@H](C(C)C)NC(=O)[C@@H](Cc2ccc(OC)cc2)NCCOc2ccc(C(=N)N)cc2CCCNC1=O. The molecule has 0 aliphatic carbocycles. The van der Waals surface area contributed by atoms with Gasteiger partial charge in [-0.15, -0.1) is 0 Å². The summed E-state index contributed by atoms with van der Waals surface area (Å²) in [5, 5.41) is 19.9. The third-order valence-electron chi connectivity index (χ3n) is 7.42. The van der Waals surface area contributed by atoms with Crippen molar-refractivity contribution in [1.82, 2.24) is 21.3 Å². The average molecular weight is 595 g/mol. The van der Waals surface area contributed by atoms with Crippen molar-refractivity contribution in [2.75, 3.05) is 26.8 Å². The van der Waals surface area contributed by atoms with Gasteiger partial charge in [0.05, 0.1) is 13.2 Å². The molecular formula is C32H46N6O5. The fourth-order valence-corrected chi connectivity index (χ4v) is 4.95. The molecule has 11 nitrogen and oxygen atoms in total. The fourth-order valence-electron chi connectivity index (χ4n) is 4.95. The molecule has 2 aromatic rings. The van der Waals surface area contributed by atoms with E-state index in [4.69, 9.17) is 20.6 Å². The minimum Gasteiger partial charge on any atom is -0.497 e. The molecule has 0 bridgehead atoms. The first-order chi connectivity index (χ1) is 20.6. The third kappa shape index (κ3) is 9.99. The quantitative estimate of drug-likeness (QED) is 0.211. The molecular weight excluding hydrogens is 548 g/mol. The molecule has 1 aliphatic heterocycles. The second-order valence-corrected chi connectivity index (χ2v) is 11.1. The number of amides is 3. The normalized spacial score (nSPS) is 20.9. The van der Waals surface area contributed by atoms with Crippen LogP contribution in [-0.2, 0) is 27.2 Å². The van der Waals surface area contributed by atoms with Gasteiger partial charge in [0.2, 0.25) is 17.7 Å². The van der Waals surface area contributed by atoms with Crippen LogP contribution in [-0.4, -0.2) is 68.5 Å². The second-order valence-electron chi connectivity index (χ2n) is 11.1. The second kappa shape index (κ2) is 16.5. The molecule has 0 saturated carbocycles. The van der Waals surface area contributed by atoms with Gasteiger partial charge in [0.25, 0.3) is 0 Å². The van der Waals surface area contributed by atoms with Gasteiger partial charge in [0.1, 0.15) is 36.0 Å². The standard InChI is InChI=1S/C32H46N6O5/c1-5-7-25-30(39)36-15-6-8-22-19-23(29(33)34)11-14-27(22)43-17-16-35-26(18-21-9-12-24(42-4)13-10-21)31(40)38-28(20(2)3)32(41)37-25/h9-14,19-20,25-26,28,35H,5-8,15-18H2,1-4H3,(H3,33,34)(H,36,39)(H,37,41)(H,38,40)/t25-,26+,28+/m0/s1. The van der Waals surface area contributed by atoms with Gasteiger partial charge >= 0.3 is 0 Å². The van der Waals surface area contributed by atoms with Crippen LogP contribution in [0.1, 0.15) is 56.7 Å². The van der Waals surface area contributed by atoms with Crippen LogP contribution < -0.4 is 36.5 Å². The van der Waals surface area contributed by atoms with E-state index in [-0.39, 0.29) is 30.2 Å². The molecule has 1 aliphatic rings. The van der Waals surface area contributed by atoms with E-state index in [1.54, 1.807) is 19.2 Å². The Morgan fingerprint density at radius 2 is 1.77 bits per heavy atom. The number of methoxy groups -OCH3 is 1. The molecule has 0 fully saturated rings. The summed E-state index contributed by atoms with van der Waals surface area (Å²) in [5.41, 5.74) is 8.10. The summed E-state index contributed by atoms with van der Waals surface area (Å²) >= 11 is 0. The smallest absolute Gasteiger partial charge is 0.243 e. The molecule has 1 heterocycles. The van der Waals surface area contributed by atoms with Crippen molar-refractivity contribution in [3.63, 3.8) is 0 Å². The van der Waals surface area contributed by atoms with Crippen molar-refractivity contribution in [1.29, 1.82) is 5.41 Å². The number of ether oxygens (including phenoxy) is 2. The van der Waals surface area contributed by atoms with Crippen molar-refractivity contribution in [3.8, 4) is 11.5 Å². The highest BCUT2D eigenvalue weighted by Gasteiger charge is 2.30. The summed E-state index contributed by atoms with van der Waals surface area (Å²) in [6, 6.07) is 10.7. The highest BCUT2D eigenvalue weighted by molar-refractivity contribution is 5.95. The lowest BCUT2D eigenvalue weighted by atomic mass is 10.00. The van der Waals surface area contributed by atoms with E-state index >= 15 is 0 Å². The lowest BCUT2D eigenvalue weighted by Crippen LogP contribution is -2.58. The van der Waals surface area contributed by atoms with E-state index in [0.29, 0.717) is 62.3 Å². The lowest BCUT2D eigenvalue weighted by molar-refractivity contribution is -0.133. The van der Waals surface area contributed by atoms with Crippen LogP contribution in [0.5, 0.6) is 11.5 Å². The summed E-state index contributed by atoms with van der Waals surface area (Å²) in [4.78, 5) is 40.1. The van der Waals surface area contributed by atoms with E-state index in [1.807, 2.05) is 51.1 Å². The van der Waals surface area contributed by atoms with E-state index in [9.17, 15) is 14.4 Å². The molecule has 11 heteroatoms. The predicted molar refractivity (Wildman–Crippen MR) is 166 cm³/mol. The number of aryl methyl sites for hydroxylation is 1. The summed E-state index contributed by atoms with van der Waals surface area (Å²) < 4.78 is 11.4. The highest BCUT2D eigenvalue weighted by atomic mass is 16.5. The number of hydrogen-bond donors (Lipinski definition) is 6. The Balaban J connectivity index is 1.89. The molecule has 3 atom stereocenters. The number of carbonyl (C=O) groups is 3. The molecule has 3 rings (SSSR count). The number of benzene rings is 2. The Morgan fingerprint density at radius 3 is 2.42 bits per heavy atom. The Kier molecular flexibility index (Phi) is 12.8. The Labute approximate surface area is 254 Å². The van der Waals surface area contributed by atoms with Crippen molar-refractivity contribution in [3.05, 3.63) is 59.2 Å². The molecule has 234 valence electrons. The van der Waals surface area contributed by atoms with Crippen molar-refractivity contribution in [2.45, 2.75) is 71.0 Å². The van der Waals surface area contributed by atoms with E-state index < -0.39 is 24.0 Å². The van der Waals surface area contributed by atoms with Crippen LogP contribution in [0.3, 0.4) is 0 Å². The van der Waals surface area contributed by atoms with E-state index in [0.717, 1.165) is 11.1 Å². The van der Waals surface area contributed by atoms with Gasteiger partial charge in [-0.3, -0.25) is 19.8 Å². The number of rotatable bonds is 7. The largest absolute Gasteiger partial charge is 0.497 e. The van der Waals surface area contributed by atoms with Crippen LogP contribution in [0.4, 0.5) is 0 Å². The summed E-state index contributed by atoms with van der Waals surface area (Å²) in [6.07, 6.45) is 2.76. The summed E-state index contributed by atoms with van der Waals surface area (Å²) in [7, 11) is 1.60. The van der Waals surface area contributed by atoms with Crippen LogP contribution in [0, 0.1) is 11.3 Å². The number of carbonyl (C=O) groups excluding carboxylic acids is 3. The van der Waals surface area contributed by atoms with Crippen molar-refractivity contribution in [2.24, 2.45) is 11.7 Å². The van der Waals surface area contributed by atoms with Gasteiger partial charge in [-0.05, 0) is 73.1 Å². The minimum absolute atomic E-state index is 0.0394. The van der Waals surface area contributed by atoms with Gasteiger partial charge in [-0.1, -0.05) is 39.3 Å². The van der Waals surface area contributed by atoms with Gasteiger partial charge in [0, 0.05) is 18.7 Å². The van der Waals surface area contributed by atoms with Crippen LogP contribution >= 0.6 is 0 Å². The van der Waals surface area contributed by atoms with E-state index in [2.05, 4.69) is 21.3 Å². The molecule has 2 aromatic carbocycles. The maximum Gasteiger partial charge on any atom is 0.243 e. The van der Waals surface area contributed by atoms with Crippen LogP contribution in [0.2, 0.25) is 0 Å². The minimum atomic E-state index is -0.822. The van der Waals surface area contributed by atoms with Gasteiger partial charge in [-0.25, -0.2) is 0 Å². The summed E-state index contributed by atoms with van der Waals surface area (Å²) in [5.74, 6) is 0.144. The molecule has 3 amide bonds. The van der Waals surface area contributed by atoms with Crippen LogP contribution in [0.15, 0.2) is 42.5 Å². The first-order valence-electron chi connectivity index (χ1n) is 15.0. The van der Waals surface area contributed by atoms with Gasteiger partial charge < -0.3 is 36.5 Å². The number of amidine groups is 1. The molecule has 0 saturated heterocycles. The lowest BCUT2D eigenvalue weighted by Gasteiger charge is -2.27. The molecule has 7 N–H and O–H groups in total. The molecule has 0 spiro atoms. The summed E-state index contributed by atoms with van der Waals surface area (Å²) in [6.45, 7) is 6.72. The zero-order valence-corrected chi connectivity index (χ0v) is 25.6. The zero-order valence-electron chi connectivity index (χ0n) is 25.6. The third-order valence-corrected chi connectivity index (χ3v) is 7.42. The molecule has 0 radical (unpaired) electrons. The number of fused-ring (bicyclic) bond motifs is 1. The number of nitrogens with two attached hydrogens (primary N) is 1. The van der Waals surface area contributed by atoms with Crippen molar-refractivity contribution >= 4 is 23.6 Å². The maximum absolute atomic E-state index is 13.6. The first-order valence-corrected chi connectivity index (χ1v) is 15.0. The van der Waals surface area contributed by atoms with Crippen molar-refractivity contribution < 1.29 is 23.9 Å². The topological polar surface area (TPSA) is 168 Å². The monoisotopic (exact) mass is 594 g/mol. The molecule has 0 aromatic heterocycles. The first kappa shape index (κ1) is 33.4. The Morgan fingerprint density at radius 1 is 1.02 bits per heavy atom. The maximum atomic E-state index is 13.6. The zero-order chi connectivity index (χ0) is 31.4.